The van der Waals surface area contributed by atoms with E-state index in [-0.39, 0.29) is 19.1 Å². The molecule has 0 fully saturated rings. The second-order valence-corrected chi connectivity index (χ2v) is 6.01. The number of hydrogen-bond donors (Lipinski definition) is 3. The van der Waals surface area contributed by atoms with E-state index in [0.29, 0.717) is 5.56 Å². The number of carbonyl (C=O) groups excluding carboxylic acids is 1. The van der Waals surface area contributed by atoms with Gasteiger partial charge in [0.05, 0.1) is 17.3 Å². The van der Waals surface area contributed by atoms with Crippen LogP contribution < -0.4 is 10.6 Å². The molecule has 0 aliphatic heterocycles. The number of hydrogen-bond acceptors (Lipinski definition) is 5. The molecule has 2 rings (SSSR count). The van der Waals surface area contributed by atoms with Gasteiger partial charge in [-0.25, -0.2) is 4.98 Å². The average molecular weight is 319 g/mol. The Hall–Kier alpha value is -1.92. The maximum Gasteiger partial charge on any atom is 0.251 e. The van der Waals surface area contributed by atoms with Gasteiger partial charge in [0, 0.05) is 29.7 Å². The molecule has 118 valence electrons. The van der Waals surface area contributed by atoms with Gasteiger partial charge in [0.25, 0.3) is 5.91 Å². The average Bonchev–Trinajstić information content (AvgIpc) is 2.95. The van der Waals surface area contributed by atoms with Crippen molar-refractivity contribution in [2.45, 2.75) is 19.8 Å². The van der Waals surface area contributed by atoms with Crippen molar-refractivity contribution in [3.05, 3.63) is 45.9 Å². The Labute approximate surface area is 134 Å². The number of aromatic nitrogens is 1. The second-order valence-electron chi connectivity index (χ2n) is 4.95. The molecule has 0 radical (unpaired) electrons. The number of nitrogens with zero attached hydrogens (tertiary/aromatic N) is 1. The SMILES string of the molecule is Cc1nc(CCCNc2cccc(C(=O)NCCO)c2)cs1. The first-order chi connectivity index (χ1) is 10.7. The van der Waals surface area contributed by atoms with Crippen molar-refractivity contribution in [1.82, 2.24) is 10.3 Å². The third-order valence-corrected chi connectivity index (χ3v) is 3.95. The third kappa shape index (κ3) is 5.13. The van der Waals surface area contributed by atoms with Crippen LogP contribution in [0.15, 0.2) is 29.6 Å². The zero-order valence-electron chi connectivity index (χ0n) is 12.6. The number of carbonyl (C=O) groups is 1. The van der Waals surface area contributed by atoms with Crippen LogP contribution in [0.25, 0.3) is 0 Å². The van der Waals surface area contributed by atoms with Crippen LogP contribution in [0, 0.1) is 6.92 Å². The molecule has 0 bridgehead atoms. The highest BCUT2D eigenvalue weighted by Gasteiger charge is 2.05. The number of benzene rings is 1. The van der Waals surface area contributed by atoms with E-state index < -0.39 is 0 Å². The molecule has 3 N–H and O–H groups in total. The Bertz CT molecular complexity index is 613. The Morgan fingerprint density at radius 1 is 1.36 bits per heavy atom. The lowest BCUT2D eigenvalue weighted by atomic mass is 10.2. The van der Waals surface area contributed by atoms with Gasteiger partial charge in [-0.3, -0.25) is 4.79 Å². The normalized spacial score (nSPS) is 10.5. The molecular weight excluding hydrogens is 298 g/mol. The highest BCUT2D eigenvalue weighted by Crippen LogP contribution is 2.12. The molecule has 0 aliphatic rings. The van der Waals surface area contributed by atoms with Crippen molar-refractivity contribution in [3.63, 3.8) is 0 Å². The quantitative estimate of drug-likeness (QED) is 0.652. The minimum atomic E-state index is -0.171. The van der Waals surface area contributed by atoms with Gasteiger partial charge >= 0.3 is 0 Å². The first kappa shape index (κ1) is 16.5. The van der Waals surface area contributed by atoms with Crippen LogP contribution in [0.1, 0.15) is 27.5 Å². The van der Waals surface area contributed by atoms with E-state index in [4.69, 9.17) is 5.11 Å². The molecule has 0 aliphatic carbocycles. The van der Waals surface area contributed by atoms with E-state index in [0.717, 1.165) is 35.8 Å². The molecule has 2 aromatic rings. The smallest absolute Gasteiger partial charge is 0.251 e. The minimum absolute atomic E-state index is 0.0558. The van der Waals surface area contributed by atoms with E-state index in [9.17, 15) is 4.79 Å². The molecular formula is C16H21N3O2S. The summed E-state index contributed by atoms with van der Waals surface area (Å²) >= 11 is 1.68. The zero-order valence-corrected chi connectivity index (χ0v) is 13.4. The monoisotopic (exact) mass is 319 g/mol. The summed E-state index contributed by atoms with van der Waals surface area (Å²) in [5.74, 6) is -0.171. The number of aryl methyl sites for hydroxylation is 2. The van der Waals surface area contributed by atoms with E-state index in [1.54, 1.807) is 17.4 Å². The van der Waals surface area contributed by atoms with Gasteiger partial charge < -0.3 is 15.7 Å². The summed E-state index contributed by atoms with van der Waals surface area (Å²) in [6.45, 7) is 3.06. The molecule has 1 amide bonds. The minimum Gasteiger partial charge on any atom is -0.395 e. The lowest BCUT2D eigenvalue weighted by Gasteiger charge is -2.08. The fourth-order valence-corrected chi connectivity index (χ4v) is 2.71. The summed E-state index contributed by atoms with van der Waals surface area (Å²) in [4.78, 5) is 16.3. The summed E-state index contributed by atoms with van der Waals surface area (Å²) in [6.07, 6.45) is 1.94. The number of anilines is 1. The first-order valence-electron chi connectivity index (χ1n) is 7.33. The molecule has 6 heteroatoms. The number of nitrogens with one attached hydrogen (secondary N) is 2. The van der Waals surface area contributed by atoms with Crippen LogP contribution in [-0.4, -0.2) is 35.7 Å². The van der Waals surface area contributed by atoms with Crippen LogP contribution in [0.5, 0.6) is 0 Å². The molecule has 0 spiro atoms. The topological polar surface area (TPSA) is 74.2 Å². The van der Waals surface area contributed by atoms with Gasteiger partial charge in [-0.1, -0.05) is 6.07 Å². The van der Waals surface area contributed by atoms with Gasteiger partial charge in [0.2, 0.25) is 0 Å². The number of amides is 1. The molecule has 0 saturated heterocycles. The summed E-state index contributed by atoms with van der Waals surface area (Å²) in [5.41, 5.74) is 2.65. The molecule has 0 atom stereocenters. The largest absolute Gasteiger partial charge is 0.395 e. The Kier molecular flexibility index (Phi) is 6.36. The fourth-order valence-electron chi connectivity index (χ4n) is 2.07. The summed E-state index contributed by atoms with van der Waals surface area (Å²) in [5, 5.41) is 17.9. The summed E-state index contributed by atoms with van der Waals surface area (Å²) in [7, 11) is 0. The highest BCUT2D eigenvalue weighted by atomic mass is 32.1. The number of aliphatic hydroxyl groups excluding tert-OH is 1. The molecule has 1 aromatic heterocycles. The molecule has 5 nitrogen and oxygen atoms in total. The van der Waals surface area contributed by atoms with Crippen molar-refractivity contribution < 1.29 is 9.90 Å². The van der Waals surface area contributed by atoms with Crippen molar-refractivity contribution in [2.24, 2.45) is 0 Å². The number of thiazole rings is 1. The Balaban J connectivity index is 1.79. The van der Waals surface area contributed by atoms with Gasteiger partial charge in [-0.15, -0.1) is 11.3 Å². The van der Waals surface area contributed by atoms with Crippen LogP contribution in [-0.2, 0) is 6.42 Å². The first-order valence-corrected chi connectivity index (χ1v) is 8.21. The molecule has 1 heterocycles. The standard InChI is InChI=1S/C16H21N3O2S/c1-12-19-15(11-22-12)6-3-7-17-14-5-2-4-13(10-14)16(21)18-8-9-20/h2,4-5,10-11,17,20H,3,6-9H2,1H3,(H,18,21). The highest BCUT2D eigenvalue weighted by molar-refractivity contribution is 7.09. The van der Waals surface area contributed by atoms with Crippen molar-refractivity contribution in [2.75, 3.05) is 25.0 Å². The second kappa shape index (κ2) is 8.51. The van der Waals surface area contributed by atoms with Crippen LogP contribution in [0.4, 0.5) is 5.69 Å². The third-order valence-electron chi connectivity index (χ3n) is 3.13. The summed E-state index contributed by atoms with van der Waals surface area (Å²) in [6, 6.07) is 7.37. The lowest BCUT2D eigenvalue weighted by Crippen LogP contribution is -2.26. The van der Waals surface area contributed by atoms with Crippen molar-refractivity contribution >= 4 is 22.9 Å². The van der Waals surface area contributed by atoms with E-state index >= 15 is 0 Å². The van der Waals surface area contributed by atoms with E-state index in [1.807, 2.05) is 25.1 Å². The van der Waals surface area contributed by atoms with Crippen LogP contribution >= 0.6 is 11.3 Å². The summed E-state index contributed by atoms with van der Waals surface area (Å²) < 4.78 is 0. The van der Waals surface area contributed by atoms with E-state index in [1.165, 1.54) is 0 Å². The van der Waals surface area contributed by atoms with Crippen molar-refractivity contribution in [1.29, 1.82) is 0 Å². The van der Waals surface area contributed by atoms with Crippen molar-refractivity contribution in [3.8, 4) is 0 Å². The van der Waals surface area contributed by atoms with Gasteiger partial charge in [0.1, 0.15) is 0 Å². The van der Waals surface area contributed by atoms with Crippen LogP contribution in [0.2, 0.25) is 0 Å². The molecule has 0 saturated carbocycles. The van der Waals surface area contributed by atoms with Crippen LogP contribution in [0.3, 0.4) is 0 Å². The maximum absolute atomic E-state index is 11.8. The zero-order chi connectivity index (χ0) is 15.8. The van der Waals surface area contributed by atoms with Gasteiger partial charge in [-0.2, -0.15) is 0 Å². The van der Waals surface area contributed by atoms with Gasteiger partial charge in [-0.05, 0) is 38.0 Å². The number of aliphatic hydroxyl groups is 1. The lowest BCUT2D eigenvalue weighted by molar-refractivity contribution is 0.0945. The molecule has 0 unspecified atom stereocenters. The Morgan fingerprint density at radius 2 is 2.23 bits per heavy atom. The molecule has 22 heavy (non-hydrogen) atoms. The predicted octanol–water partition coefficient (Wildman–Crippen LogP) is 2.22. The van der Waals surface area contributed by atoms with Gasteiger partial charge in [0.15, 0.2) is 0 Å². The maximum atomic E-state index is 11.8. The van der Waals surface area contributed by atoms with E-state index in [2.05, 4.69) is 21.0 Å². The predicted molar refractivity (Wildman–Crippen MR) is 89.5 cm³/mol. The Morgan fingerprint density at radius 3 is 2.95 bits per heavy atom. The molecule has 1 aromatic carbocycles. The fraction of sp³-hybridized carbons (Fsp3) is 0.375. The number of rotatable bonds is 8.